The van der Waals surface area contributed by atoms with E-state index in [0.29, 0.717) is 6.42 Å². The molecule has 1 atom stereocenters. The molecule has 2 rings (SSSR count). The predicted octanol–water partition coefficient (Wildman–Crippen LogP) is 2.49. The van der Waals surface area contributed by atoms with Gasteiger partial charge in [-0.1, -0.05) is 12.1 Å². The van der Waals surface area contributed by atoms with Crippen molar-refractivity contribution in [2.75, 3.05) is 0 Å². The molecule has 0 bridgehead atoms. The number of allylic oxidation sites excluding steroid dienone is 1. The summed E-state index contributed by atoms with van der Waals surface area (Å²) in [4.78, 5) is 4.05. The van der Waals surface area contributed by atoms with E-state index >= 15 is 0 Å². The molecule has 0 saturated heterocycles. The van der Waals surface area contributed by atoms with E-state index in [1.54, 1.807) is 6.20 Å². The molecule has 1 unspecified atom stereocenters. The van der Waals surface area contributed by atoms with Crippen LogP contribution in [0.25, 0.3) is 0 Å². The molecule has 0 amide bonds. The highest BCUT2D eigenvalue weighted by Gasteiger charge is 2.13. The minimum absolute atomic E-state index is 0.311. The molecule has 1 N–H and O–H groups in total. The first-order valence-electron chi connectivity index (χ1n) is 5.62. The zero-order chi connectivity index (χ0) is 10.5. The highest BCUT2D eigenvalue weighted by atomic mass is 16.3. The SMILES string of the molecule is OC(Cc1cccnc1)C1=CCCCC1. The normalized spacial score (nSPS) is 18.3. The largest absolute Gasteiger partial charge is 0.388 e. The summed E-state index contributed by atoms with van der Waals surface area (Å²) in [6.07, 6.45) is 10.8. The first-order valence-corrected chi connectivity index (χ1v) is 5.62. The number of hydrogen-bond acceptors (Lipinski definition) is 2. The zero-order valence-corrected chi connectivity index (χ0v) is 8.89. The van der Waals surface area contributed by atoms with Crippen LogP contribution in [0.2, 0.25) is 0 Å². The van der Waals surface area contributed by atoms with Crippen molar-refractivity contribution in [1.29, 1.82) is 0 Å². The molecule has 1 heterocycles. The van der Waals surface area contributed by atoms with Gasteiger partial charge in [-0.2, -0.15) is 0 Å². The summed E-state index contributed by atoms with van der Waals surface area (Å²) in [5.41, 5.74) is 2.32. The average molecular weight is 203 g/mol. The minimum atomic E-state index is -0.311. The fourth-order valence-corrected chi connectivity index (χ4v) is 2.04. The summed E-state index contributed by atoms with van der Waals surface area (Å²) in [5.74, 6) is 0. The van der Waals surface area contributed by atoms with Crippen LogP contribution in [-0.4, -0.2) is 16.2 Å². The lowest BCUT2D eigenvalue weighted by molar-refractivity contribution is 0.204. The summed E-state index contributed by atoms with van der Waals surface area (Å²) in [5, 5.41) is 10.0. The Labute approximate surface area is 90.7 Å². The maximum atomic E-state index is 10.0. The van der Waals surface area contributed by atoms with Gasteiger partial charge in [0, 0.05) is 18.8 Å². The van der Waals surface area contributed by atoms with Crippen LogP contribution in [0.3, 0.4) is 0 Å². The van der Waals surface area contributed by atoms with Gasteiger partial charge in [-0.15, -0.1) is 0 Å². The zero-order valence-electron chi connectivity index (χ0n) is 8.89. The lowest BCUT2D eigenvalue weighted by Crippen LogP contribution is -2.15. The van der Waals surface area contributed by atoms with Crippen LogP contribution < -0.4 is 0 Å². The second-order valence-electron chi connectivity index (χ2n) is 4.11. The average Bonchev–Trinajstić information content (AvgIpc) is 2.31. The second-order valence-corrected chi connectivity index (χ2v) is 4.11. The van der Waals surface area contributed by atoms with Crippen molar-refractivity contribution < 1.29 is 5.11 Å². The molecule has 0 aliphatic heterocycles. The van der Waals surface area contributed by atoms with Gasteiger partial charge >= 0.3 is 0 Å². The Hall–Kier alpha value is -1.15. The first kappa shape index (κ1) is 10.4. The third-order valence-corrected chi connectivity index (χ3v) is 2.91. The van der Waals surface area contributed by atoms with Gasteiger partial charge in [-0.25, -0.2) is 0 Å². The predicted molar refractivity (Wildman–Crippen MR) is 60.5 cm³/mol. The van der Waals surface area contributed by atoms with Crippen molar-refractivity contribution in [2.45, 2.75) is 38.2 Å². The molecule has 2 heteroatoms. The van der Waals surface area contributed by atoms with Gasteiger partial charge in [0.15, 0.2) is 0 Å². The van der Waals surface area contributed by atoms with Crippen molar-refractivity contribution in [3.8, 4) is 0 Å². The molecule has 0 spiro atoms. The van der Waals surface area contributed by atoms with Gasteiger partial charge in [0.05, 0.1) is 6.10 Å². The Kier molecular flexibility index (Phi) is 3.51. The maximum Gasteiger partial charge on any atom is 0.0791 e. The number of pyridine rings is 1. The molecule has 0 saturated carbocycles. The molecule has 1 aromatic rings. The highest BCUT2D eigenvalue weighted by molar-refractivity contribution is 5.17. The number of nitrogens with zero attached hydrogens (tertiary/aromatic N) is 1. The lowest BCUT2D eigenvalue weighted by atomic mass is 9.92. The fourth-order valence-electron chi connectivity index (χ4n) is 2.04. The van der Waals surface area contributed by atoms with Crippen molar-refractivity contribution in [3.05, 3.63) is 41.7 Å². The van der Waals surface area contributed by atoms with Crippen LogP contribution in [-0.2, 0) is 6.42 Å². The van der Waals surface area contributed by atoms with Crippen LogP contribution in [0.5, 0.6) is 0 Å². The van der Waals surface area contributed by atoms with E-state index in [1.807, 2.05) is 18.3 Å². The van der Waals surface area contributed by atoms with E-state index in [0.717, 1.165) is 18.4 Å². The van der Waals surface area contributed by atoms with E-state index in [4.69, 9.17) is 0 Å². The third kappa shape index (κ3) is 2.90. The van der Waals surface area contributed by atoms with Crippen LogP contribution >= 0.6 is 0 Å². The van der Waals surface area contributed by atoms with Gasteiger partial charge < -0.3 is 5.11 Å². The fraction of sp³-hybridized carbons (Fsp3) is 0.462. The van der Waals surface area contributed by atoms with E-state index < -0.39 is 0 Å². The van der Waals surface area contributed by atoms with E-state index in [9.17, 15) is 5.11 Å². The Morgan fingerprint density at radius 1 is 1.40 bits per heavy atom. The van der Waals surface area contributed by atoms with E-state index in [1.165, 1.54) is 18.4 Å². The first-order chi connectivity index (χ1) is 7.36. The Bertz CT molecular complexity index is 332. The molecule has 1 aliphatic carbocycles. The number of aliphatic hydroxyl groups is 1. The smallest absolute Gasteiger partial charge is 0.0791 e. The van der Waals surface area contributed by atoms with E-state index in [2.05, 4.69) is 11.1 Å². The van der Waals surface area contributed by atoms with Crippen molar-refractivity contribution in [1.82, 2.24) is 4.98 Å². The molecular formula is C13H17NO. The van der Waals surface area contributed by atoms with Gasteiger partial charge in [-0.05, 0) is 42.9 Å². The minimum Gasteiger partial charge on any atom is -0.388 e. The molecule has 0 radical (unpaired) electrons. The molecule has 1 aliphatic rings. The highest BCUT2D eigenvalue weighted by Crippen LogP contribution is 2.22. The summed E-state index contributed by atoms with van der Waals surface area (Å²) in [7, 11) is 0. The number of aliphatic hydroxyl groups excluding tert-OH is 1. The third-order valence-electron chi connectivity index (χ3n) is 2.91. The Morgan fingerprint density at radius 2 is 2.33 bits per heavy atom. The quantitative estimate of drug-likeness (QED) is 0.766. The monoisotopic (exact) mass is 203 g/mol. The van der Waals surface area contributed by atoms with Crippen molar-refractivity contribution in [2.24, 2.45) is 0 Å². The van der Waals surface area contributed by atoms with Gasteiger partial charge in [0.25, 0.3) is 0 Å². The van der Waals surface area contributed by atoms with Gasteiger partial charge in [-0.3, -0.25) is 4.98 Å². The molecule has 0 aromatic carbocycles. The summed E-state index contributed by atoms with van der Waals surface area (Å²) >= 11 is 0. The van der Waals surface area contributed by atoms with Crippen LogP contribution in [0.4, 0.5) is 0 Å². The Morgan fingerprint density at radius 3 is 3.00 bits per heavy atom. The molecule has 80 valence electrons. The van der Waals surface area contributed by atoms with Crippen molar-refractivity contribution >= 4 is 0 Å². The van der Waals surface area contributed by atoms with Crippen LogP contribution in [0.1, 0.15) is 31.2 Å². The van der Waals surface area contributed by atoms with Gasteiger partial charge in [0.1, 0.15) is 0 Å². The molecule has 1 aromatic heterocycles. The number of aromatic nitrogens is 1. The maximum absolute atomic E-state index is 10.0. The molecule has 0 fully saturated rings. The summed E-state index contributed by atoms with van der Waals surface area (Å²) in [6, 6.07) is 3.93. The van der Waals surface area contributed by atoms with Crippen LogP contribution in [0.15, 0.2) is 36.2 Å². The molecule has 15 heavy (non-hydrogen) atoms. The number of rotatable bonds is 3. The molecule has 2 nitrogen and oxygen atoms in total. The standard InChI is InChI=1S/C13H17NO/c15-13(12-6-2-1-3-7-12)9-11-5-4-8-14-10-11/h4-6,8,10,13,15H,1-3,7,9H2. The Balaban J connectivity index is 1.97. The number of hydrogen-bond donors (Lipinski definition) is 1. The van der Waals surface area contributed by atoms with Crippen molar-refractivity contribution in [3.63, 3.8) is 0 Å². The summed E-state index contributed by atoms with van der Waals surface area (Å²) < 4.78 is 0. The second kappa shape index (κ2) is 5.08. The topological polar surface area (TPSA) is 33.1 Å². The summed E-state index contributed by atoms with van der Waals surface area (Å²) in [6.45, 7) is 0. The molecular weight excluding hydrogens is 186 g/mol. The van der Waals surface area contributed by atoms with Gasteiger partial charge in [0.2, 0.25) is 0 Å². The van der Waals surface area contributed by atoms with Crippen LogP contribution in [0, 0.1) is 0 Å². The lowest BCUT2D eigenvalue weighted by Gasteiger charge is -2.18. The van der Waals surface area contributed by atoms with E-state index in [-0.39, 0.29) is 6.10 Å².